The van der Waals surface area contributed by atoms with E-state index in [0.717, 1.165) is 16.5 Å². The van der Waals surface area contributed by atoms with Gasteiger partial charge >= 0.3 is 0 Å². The normalized spacial score (nSPS) is 11.4. The number of hydrogen-bond donors (Lipinski definition) is 0. The molecule has 0 aromatic carbocycles. The zero-order valence-electron chi connectivity index (χ0n) is 11.0. The third-order valence-corrected chi connectivity index (χ3v) is 4.72. The number of rotatable bonds is 3. The Balaban J connectivity index is 1.76. The Labute approximate surface area is 142 Å². The maximum atomic E-state index is 6.43. The Morgan fingerprint density at radius 3 is 2.95 bits per heavy atom. The van der Waals surface area contributed by atoms with E-state index in [9.17, 15) is 0 Å². The predicted octanol–water partition coefficient (Wildman–Crippen LogP) is 3.51. The number of hydrogen-bond acceptors (Lipinski definition) is 5. The van der Waals surface area contributed by atoms with Gasteiger partial charge in [0.05, 0.1) is 18.4 Å². The van der Waals surface area contributed by atoms with Crippen molar-refractivity contribution in [3.05, 3.63) is 51.8 Å². The van der Waals surface area contributed by atoms with Gasteiger partial charge in [-0.3, -0.25) is 4.40 Å². The van der Waals surface area contributed by atoms with Gasteiger partial charge in [0, 0.05) is 30.2 Å². The predicted molar refractivity (Wildman–Crippen MR) is 88.1 cm³/mol. The molecular weight excluding hydrogens is 388 g/mol. The number of imidazole rings is 2. The molecule has 9 heteroatoms. The van der Waals surface area contributed by atoms with Gasteiger partial charge in [0.25, 0.3) is 0 Å². The maximum Gasteiger partial charge on any atom is 0.169 e. The van der Waals surface area contributed by atoms with Crippen LogP contribution in [-0.4, -0.2) is 28.9 Å². The second kappa shape index (κ2) is 5.45. The summed E-state index contributed by atoms with van der Waals surface area (Å²) in [7, 11) is 0. The molecule has 0 fully saturated rings. The van der Waals surface area contributed by atoms with Gasteiger partial charge in [-0.1, -0.05) is 11.6 Å². The van der Waals surface area contributed by atoms with E-state index in [1.807, 2.05) is 16.1 Å². The summed E-state index contributed by atoms with van der Waals surface area (Å²) >= 11 is 11.3. The minimum absolute atomic E-state index is 0.521. The van der Waals surface area contributed by atoms with Crippen molar-refractivity contribution < 1.29 is 0 Å². The number of halogens is 2. The molecule has 0 atom stereocenters. The summed E-state index contributed by atoms with van der Waals surface area (Å²) in [6, 6.07) is 0. The quantitative estimate of drug-likeness (QED) is 0.532. The van der Waals surface area contributed by atoms with E-state index >= 15 is 0 Å². The van der Waals surface area contributed by atoms with Crippen LogP contribution in [0.5, 0.6) is 0 Å². The summed E-state index contributed by atoms with van der Waals surface area (Å²) < 4.78 is 4.49. The van der Waals surface area contributed by atoms with Crippen LogP contribution in [0.25, 0.3) is 16.5 Å². The lowest BCUT2D eigenvalue weighted by Gasteiger charge is -2.04. The van der Waals surface area contributed by atoms with Crippen LogP contribution < -0.4 is 0 Å². The highest BCUT2D eigenvalue weighted by Crippen LogP contribution is 2.24. The van der Waals surface area contributed by atoms with Crippen molar-refractivity contribution in [2.75, 3.05) is 0 Å². The average Bonchev–Trinajstić information content (AvgIpc) is 3.22. The molecule has 0 bridgehead atoms. The fourth-order valence-electron chi connectivity index (χ4n) is 2.18. The molecule has 4 aromatic rings. The molecule has 4 rings (SSSR count). The van der Waals surface area contributed by atoms with Crippen LogP contribution in [0.15, 0.2) is 41.0 Å². The van der Waals surface area contributed by atoms with Gasteiger partial charge in [0.2, 0.25) is 0 Å². The van der Waals surface area contributed by atoms with Crippen LogP contribution in [0.3, 0.4) is 0 Å². The average molecular weight is 396 g/mol. The van der Waals surface area contributed by atoms with Crippen molar-refractivity contribution in [1.82, 2.24) is 28.9 Å². The first-order valence-corrected chi connectivity index (χ1v) is 8.36. The van der Waals surface area contributed by atoms with E-state index in [4.69, 9.17) is 11.6 Å². The van der Waals surface area contributed by atoms with Crippen molar-refractivity contribution in [3.8, 4) is 10.8 Å². The second-order valence-electron chi connectivity index (χ2n) is 4.50. The lowest BCUT2D eigenvalue weighted by molar-refractivity contribution is 0.787. The largest absolute Gasteiger partial charge is 0.323 e. The van der Waals surface area contributed by atoms with Crippen molar-refractivity contribution in [2.45, 2.75) is 6.54 Å². The molecule has 4 heterocycles. The Morgan fingerprint density at radius 2 is 2.14 bits per heavy atom. The molecule has 0 unspecified atom stereocenters. The zero-order valence-corrected chi connectivity index (χ0v) is 14.2. The molecule has 0 saturated carbocycles. The lowest BCUT2D eigenvalue weighted by Crippen LogP contribution is -2.02. The number of nitrogens with zero attached hydrogens (tertiary/aromatic N) is 6. The third-order valence-electron chi connectivity index (χ3n) is 3.14. The van der Waals surface area contributed by atoms with E-state index in [-0.39, 0.29) is 0 Å². The van der Waals surface area contributed by atoms with Crippen LogP contribution in [-0.2, 0) is 6.54 Å². The molecule has 0 N–H and O–H groups in total. The van der Waals surface area contributed by atoms with Crippen LogP contribution in [0.2, 0.25) is 5.15 Å². The SMILES string of the molecule is Clc1c(Cn2ccnc2-c2nccs2)nc2cnc(Br)cn12. The van der Waals surface area contributed by atoms with Gasteiger partial charge in [0.1, 0.15) is 9.76 Å². The summed E-state index contributed by atoms with van der Waals surface area (Å²) in [6.45, 7) is 0.521. The summed E-state index contributed by atoms with van der Waals surface area (Å²) in [6.07, 6.45) is 8.88. The Hall–Kier alpha value is -1.77. The Morgan fingerprint density at radius 1 is 1.23 bits per heavy atom. The summed E-state index contributed by atoms with van der Waals surface area (Å²) in [5.41, 5.74) is 1.47. The third kappa shape index (κ3) is 2.33. The smallest absolute Gasteiger partial charge is 0.169 e. The highest BCUT2D eigenvalue weighted by Gasteiger charge is 2.14. The number of thiazole rings is 1. The highest BCUT2D eigenvalue weighted by atomic mass is 79.9. The van der Waals surface area contributed by atoms with Crippen molar-refractivity contribution in [2.24, 2.45) is 0 Å². The zero-order chi connectivity index (χ0) is 15.1. The molecule has 6 nitrogen and oxygen atoms in total. The van der Waals surface area contributed by atoms with Gasteiger partial charge in [-0.05, 0) is 15.9 Å². The molecule has 110 valence electrons. The fourth-order valence-corrected chi connectivity index (χ4v) is 3.37. The minimum atomic E-state index is 0.521. The van der Waals surface area contributed by atoms with Gasteiger partial charge < -0.3 is 4.57 Å². The van der Waals surface area contributed by atoms with Crippen LogP contribution >= 0.6 is 38.9 Å². The van der Waals surface area contributed by atoms with Crippen LogP contribution in [0, 0.1) is 0 Å². The van der Waals surface area contributed by atoms with Gasteiger partial charge in [-0.15, -0.1) is 11.3 Å². The van der Waals surface area contributed by atoms with Gasteiger partial charge in [0.15, 0.2) is 16.5 Å². The molecule has 0 radical (unpaired) electrons. The molecule has 0 aliphatic rings. The van der Waals surface area contributed by atoms with E-state index in [0.29, 0.717) is 21.9 Å². The molecule has 0 aliphatic heterocycles. The lowest BCUT2D eigenvalue weighted by atomic mass is 10.4. The molecule has 0 aliphatic carbocycles. The fraction of sp³-hybridized carbons (Fsp3) is 0.0769. The van der Waals surface area contributed by atoms with Crippen LogP contribution in [0.1, 0.15) is 5.69 Å². The van der Waals surface area contributed by atoms with Crippen LogP contribution in [0.4, 0.5) is 0 Å². The van der Waals surface area contributed by atoms with Gasteiger partial charge in [-0.25, -0.2) is 19.9 Å². The second-order valence-corrected chi connectivity index (χ2v) is 6.57. The molecule has 0 amide bonds. The monoisotopic (exact) mass is 394 g/mol. The minimum Gasteiger partial charge on any atom is -0.323 e. The van der Waals surface area contributed by atoms with Crippen molar-refractivity contribution in [1.29, 1.82) is 0 Å². The molecule has 0 spiro atoms. The first-order valence-electron chi connectivity index (χ1n) is 6.31. The number of fused-ring (bicyclic) bond motifs is 1. The van der Waals surface area contributed by atoms with Gasteiger partial charge in [-0.2, -0.15) is 0 Å². The summed E-state index contributed by atoms with van der Waals surface area (Å²) in [4.78, 5) is 17.4. The highest BCUT2D eigenvalue weighted by molar-refractivity contribution is 9.10. The number of aromatic nitrogens is 6. The molecule has 0 saturated heterocycles. The molecule has 22 heavy (non-hydrogen) atoms. The van der Waals surface area contributed by atoms with E-state index < -0.39 is 0 Å². The maximum absolute atomic E-state index is 6.43. The van der Waals surface area contributed by atoms with E-state index in [2.05, 4.69) is 35.9 Å². The van der Waals surface area contributed by atoms with Crippen molar-refractivity contribution >= 4 is 44.5 Å². The molecular formula is C13H8BrClN6S. The van der Waals surface area contributed by atoms with Crippen molar-refractivity contribution in [3.63, 3.8) is 0 Å². The standard InChI is InChI=1S/C13H8BrClN6S/c14-9-7-21-10(5-18-9)19-8(11(21)15)6-20-3-1-16-12(20)13-17-2-4-22-13/h1-5,7H,6H2. The Kier molecular flexibility index (Phi) is 3.44. The first-order chi connectivity index (χ1) is 10.7. The first kappa shape index (κ1) is 13.9. The van der Waals surface area contributed by atoms with E-state index in [1.54, 1.807) is 40.5 Å². The summed E-state index contributed by atoms with van der Waals surface area (Å²) in [5.74, 6) is 0.808. The topological polar surface area (TPSA) is 60.9 Å². The summed E-state index contributed by atoms with van der Waals surface area (Å²) in [5, 5.41) is 3.36. The van der Waals surface area contributed by atoms with E-state index in [1.165, 1.54) is 0 Å². The Bertz CT molecular complexity index is 945. The molecule has 4 aromatic heterocycles.